The highest BCUT2D eigenvalue weighted by atomic mass is 19.4. The molecule has 19 heavy (non-hydrogen) atoms. The molecule has 0 amide bonds. The minimum absolute atomic E-state index is 0.0881. The Morgan fingerprint density at radius 1 is 1.37 bits per heavy atom. The van der Waals surface area contributed by atoms with Gasteiger partial charge in [-0.15, -0.1) is 0 Å². The van der Waals surface area contributed by atoms with Crippen molar-refractivity contribution in [3.8, 4) is 0 Å². The maximum absolute atomic E-state index is 12.5. The van der Waals surface area contributed by atoms with E-state index in [9.17, 15) is 23.3 Å². The normalized spacial score (nSPS) is 11.5. The van der Waals surface area contributed by atoms with Crippen LogP contribution < -0.4 is 0 Å². The average Bonchev–Trinajstić information content (AvgIpc) is 2.77. The Balaban J connectivity index is 2.21. The lowest BCUT2D eigenvalue weighted by Gasteiger charge is -2.08. The summed E-state index contributed by atoms with van der Waals surface area (Å²) in [6.45, 7) is 0.0881. The molecule has 0 radical (unpaired) electrons. The third-order valence-corrected chi connectivity index (χ3v) is 2.43. The molecular weight excluding hydrogens is 263 g/mol. The van der Waals surface area contributed by atoms with Gasteiger partial charge in [-0.25, -0.2) is 0 Å². The van der Waals surface area contributed by atoms with Crippen molar-refractivity contribution < 1.29 is 18.1 Å². The summed E-state index contributed by atoms with van der Waals surface area (Å²) < 4.78 is 38.9. The molecule has 0 unspecified atom stereocenters. The minimum Gasteiger partial charge on any atom is -0.358 e. The van der Waals surface area contributed by atoms with Gasteiger partial charge in [0.2, 0.25) is 6.33 Å². The average molecular weight is 271 g/mol. The smallest absolute Gasteiger partial charge is 0.358 e. The van der Waals surface area contributed by atoms with Gasteiger partial charge in [-0.1, -0.05) is 12.1 Å². The van der Waals surface area contributed by atoms with Gasteiger partial charge in [0.05, 0.1) is 12.1 Å². The van der Waals surface area contributed by atoms with E-state index in [1.165, 1.54) is 29.2 Å². The highest BCUT2D eigenvalue weighted by Crippen LogP contribution is 2.29. The van der Waals surface area contributed by atoms with Crippen LogP contribution in [0.3, 0.4) is 0 Å². The van der Waals surface area contributed by atoms with Gasteiger partial charge >= 0.3 is 12.0 Å². The second kappa shape index (κ2) is 4.71. The highest BCUT2D eigenvalue weighted by molar-refractivity contribution is 5.26. The lowest BCUT2D eigenvalue weighted by molar-refractivity contribution is -0.389. The third kappa shape index (κ3) is 3.09. The molecule has 0 saturated heterocycles. The molecular formula is C11H8F3N3O2. The fraction of sp³-hybridized carbons (Fsp3) is 0.182. The van der Waals surface area contributed by atoms with Crippen molar-refractivity contribution in [3.05, 3.63) is 58.0 Å². The Morgan fingerprint density at radius 2 is 2.11 bits per heavy atom. The van der Waals surface area contributed by atoms with Crippen molar-refractivity contribution in [3.63, 3.8) is 0 Å². The van der Waals surface area contributed by atoms with Crippen molar-refractivity contribution in [2.45, 2.75) is 12.7 Å². The summed E-state index contributed by atoms with van der Waals surface area (Å²) in [5, 5.41) is 10.4. The molecule has 0 saturated carbocycles. The lowest BCUT2D eigenvalue weighted by atomic mass is 10.1. The summed E-state index contributed by atoms with van der Waals surface area (Å²) >= 11 is 0. The quantitative estimate of drug-likeness (QED) is 0.637. The maximum Gasteiger partial charge on any atom is 0.416 e. The van der Waals surface area contributed by atoms with Gasteiger partial charge in [0.25, 0.3) is 0 Å². The van der Waals surface area contributed by atoms with Crippen molar-refractivity contribution in [2.75, 3.05) is 0 Å². The predicted octanol–water partition coefficient (Wildman–Crippen LogP) is 2.86. The second-order valence-corrected chi connectivity index (χ2v) is 3.86. The monoisotopic (exact) mass is 271 g/mol. The molecule has 100 valence electrons. The lowest BCUT2D eigenvalue weighted by Crippen LogP contribution is -2.06. The third-order valence-electron chi connectivity index (χ3n) is 2.43. The van der Waals surface area contributed by atoms with Crippen LogP contribution in [0.4, 0.5) is 19.0 Å². The number of hydrogen-bond donors (Lipinski definition) is 0. The zero-order chi connectivity index (χ0) is 14.0. The molecule has 5 nitrogen and oxygen atoms in total. The number of aromatic nitrogens is 2. The summed E-state index contributed by atoms with van der Waals surface area (Å²) in [6.07, 6.45) is -2.03. The molecule has 8 heteroatoms. The molecule has 2 rings (SSSR count). The largest absolute Gasteiger partial charge is 0.416 e. The van der Waals surface area contributed by atoms with Crippen molar-refractivity contribution in [1.29, 1.82) is 0 Å². The Labute approximate surface area is 105 Å². The summed E-state index contributed by atoms with van der Waals surface area (Å²) in [5.74, 6) is -0.341. The molecule has 0 spiro atoms. The molecule has 2 aromatic rings. The van der Waals surface area contributed by atoms with Crippen molar-refractivity contribution in [2.24, 2.45) is 0 Å². The first-order chi connectivity index (χ1) is 8.86. The van der Waals surface area contributed by atoms with Crippen molar-refractivity contribution >= 4 is 5.82 Å². The number of imidazole rings is 1. The van der Waals surface area contributed by atoms with Gasteiger partial charge in [-0.05, 0) is 27.6 Å². The molecule has 1 aromatic carbocycles. The van der Waals surface area contributed by atoms with Gasteiger partial charge in [-0.3, -0.25) is 0 Å². The van der Waals surface area contributed by atoms with Crippen LogP contribution in [0.1, 0.15) is 11.1 Å². The van der Waals surface area contributed by atoms with Crippen LogP contribution >= 0.6 is 0 Å². The molecule has 0 aliphatic rings. The number of alkyl halides is 3. The first-order valence-corrected chi connectivity index (χ1v) is 5.18. The van der Waals surface area contributed by atoms with Crippen LogP contribution in [0.25, 0.3) is 0 Å². The summed E-state index contributed by atoms with van der Waals surface area (Å²) in [7, 11) is 0. The van der Waals surface area contributed by atoms with Gasteiger partial charge in [0, 0.05) is 0 Å². The van der Waals surface area contributed by atoms with Gasteiger partial charge < -0.3 is 14.7 Å². The van der Waals surface area contributed by atoms with Crippen LogP contribution in [0, 0.1) is 10.1 Å². The Bertz CT molecular complexity index is 607. The summed E-state index contributed by atoms with van der Waals surface area (Å²) in [6, 6.07) is 4.79. The standard InChI is InChI=1S/C11H8F3N3O2/c12-11(13,14)9-3-1-2-8(4-9)5-16-6-10(15-7-16)17(18)19/h1-4,6-7H,5H2. The van der Waals surface area contributed by atoms with E-state index in [4.69, 9.17) is 0 Å². The first kappa shape index (κ1) is 13.1. The zero-order valence-corrected chi connectivity index (χ0v) is 9.46. The molecule has 0 aliphatic carbocycles. The fourth-order valence-electron chi connectivity index (χ4n) is 1.59. The molecule has 0 N–H and O–H groups in total. The van der Waals surface area contributed by atoms with Crippen LogP contribution in [-0.2, 0) is 12.7 Å². The predicted molar refractivity (Wildman–Crippen MR) is 59.4 cm³/mol. The van der Waals surface area contributed by atoms with Gasteiger partial charge in [0.15, 0.2) is 0 Å². The number of nitro groups is 1. The minimum atomic E-state index is -4.41. The topological polar surface area (TPSA) is 61.0 Å². The molecule has 1 heterocycles. The summed E-state index contributed by atoms with van der Waals surface area (Å²) in [5.41, 5.74) is -0.360. The van der Waals surface area contributed by atoms with E-state index < -0.39 is 16.7 Å². The first-order valence-electron chi connectivity index (χ1n) is 5.18. The maximum atomic E-state index is 12.5. The number of hydrogen-bond acceptors (Lipinski definition) is 3. The number of benzene rings is 1. The molecule has 0 aliphatic heterocycles. The molecule has 0 fully saturated rings. The van der Waals surface area contributed by atoms with Crippen LogP contribution in [-0.4, -0.2) is 14.5 Å². The molecule has 0 bridgehead atoms. The van der Waals surface area contributed by atoms with E-state index in [0.717, 1.165) is 12.1 Å². The number of nitrogens with zero attached hydrogens (tertiary/aromatic N) is 3. The van der Waals surface area contributed by atoms with Gasteiger partial charge in [-0.2, -0.15) is 13.2 Å². The Morgan fingerprint density at radius 3 is 2.68 bits per heavy atom. The second-order valence-electron chi connectivity index (χ2n) is 3.86. The SMILES string of the molecule is O=[N+]([O-])c1cn(Cc2cccc(C(F)(F)F)c2)cn1. The van der Waals surface area contributed by atoms with Crippen LogP contribution in [0.2, 0.25) is 0 Å². The van der Waals surface area contributed by atoms with Crippen molar-refractivity contribution in [1.82, 2.24) is 9.55 Å². The highest BCUT2D eigenvalue weighted by Gasteiger charge is 2.30. The van der Waals surface area contributed by atoms with E-state index in [0.29, 0.717) is 5.56 Å². The molecule has 1 aromatic heterocycles. The number of rotatable bonds is 3. The molecule has 0 atom stereocenters. The Hall–Kier alpha value is -2.38. The fourth-order valence-corrected chi connectivity index (χ4v) is 1.59. The Kier molecular flexibility index (Phi) is 3.24. The number of halogens is 3. The van der Waals surface area contributed by atoms with E-state index >= 15 is 0 Å². The van der Waals surface area contributed by atoms with Gasteiger partial charge in [0.1, 0.15) is 6.20 Å². The van der Waals surface area contributed by atoms with Crippen LogP contribution in [0.5, 0.6) is 0 Å². The van der Waals surface area contributed by atoms with E-state index in [2.05, 4.69) is 4.98 Å². The van der Waals surface area contributed by atoms with E-state index in [1.54, 1.807) is 0 Å². The van der Waals surface area contributed by atoms with E-state index in [-0.39, 0.29) is 12.4 Å². The van der Waals surface area contributed by atoms with E-state index in [1.807, 2.05) is 0 Å². The summed E-state index contributed by atoms with van der Waals surface area (Å²) in [4.78, 5) is 13.3. The van der Waals surface area contributed by atoms with Crippen LogP contribution in [0.15, 0.2) is 36.8 Å². The zero-order valence-electron chi connectivity index (χ0n) is 9.46.